The van der Waals surface area contributed by atoms with E-state index in [-0.39, 0.29) is 5.82 Å². The Kier molecular flexibility index (Phi) is 3.51. The van der Waals surface area contributed by atoms with Crippen LogP contribution in [-0.2, 0) is 6.54 Å². The third-order valence-corrected chi connectivity index (χ3v) is 3.01. The lowest BCUT2D eigenvalue weighted by Gasteiger charge is -2.21. The first-order valence-electron chi connectivity index (χ1n) is 5.88. The Bertz CT molecular complexity index is 552. The molecular weight excluding hydrogens is 227 g/mol. The molecular formula is C15H17FN2. The molecule has 0 aliphatic heterocycles. The predicted octanol–water partition coefficient (Wildman–Crippen LogP) is 3.35. The second kappa shape index (κ2) is 5.08. The van der Waals surface area contributed by atoms with E-state index in [1.54, 1.807) is 12.1 Å². The summed E-state index contributed by atoms with van der Waals surface area (Å²) in [6.07, 6.45) is 0. The van der Waals surface area contributed by atoms with Gasteiger partial charge in [-0.15, -0.1) is 0 Å². The zero-order valence-electron chi connectivity index (χ0n) is 10.7. The molecule has 0 saturated carbocycles. The summed E-state index contributed by atoms with van der Waals surface area (Å²) in [5.41, 5.74) is 8.92. The van der Waals surface area contributed by atoms with Crippen molar-refractivity contribution in [2.75, 3.05) is 17.7 Å². The summed E-state index contributed by atoms with van der Waals surface area (Å²) in [6.45, 7) is 2.57. The lowest BCUT2D eigenvalue weighted by molar-refractivity contribution is 0.608. The van der Waals surface area contributed by atoms with Crippen LogP contribution in [0.15, 0.2) is 42.5 Å². The van der Waals surface area contributed by atoms with Crippen molar-refractivity contribution in [3.05, 3.63) is 59.4 Å². The summed E-state index contributed by atoms with van der Waals surface area (Å²) < 4.78 is 13.7. The molecule has 94 valence electrons. The minimum atomic E-state index is -0.254. The number of nitrogens with two attached hydrogens (primary N) is 1. The van der Waals surface area contributed by atoms with E-state index >= 15 is 0 Å². The topological polar surface area (TPSA) is 29.3 Å². The van der Waals surface area contributed by atoms with E-state index in [4.69, 9.17) is 5.73 Å². The molecule has 0 aliphatic carbocycles. The largest absolute Gasteiger partial charge is 0.399 e. The second-order valence-corrected chi connectivity index (χ2v) is 4.49. The van der Waals surface area contributed by atoms with E-state index in [9.17, 15) is 4.39 Å². The Hall–Kier alpha value is -2.03. The van der Waals surface area contributed by atoms with Gasteiger partial charge < -0.3 is 10.6 Å². The Balaban J connectivity index is 2.21. The SMILES string of the molecule is Cc1ccccc1N(C)Cc1ccc(N)cc1F. The van der Waals surface area contributed by atoms with Gasteiger partial charge in [-0.05, 0) is 30.7 Å². The van der Waals surface area contributed by atoms with Crippen molar-refractivity contribution in [1.82, 2.24) is 0 Å². The van der Waals surface area contributed by atoms with Crippen LogP contribution in [0.5, 0.6) is 0 Å². The molecule has 0 bridgehead atoms. The number of aryl methyl sites for hydroxylation is 1. The highest BCUT2D eigenvalue weighted by atomic mass is 19.1. The van der Waals surface area contributed by atoms with Gasteiger partial charge in [0, 0.05) is 30.5 Å². The maximum atomic E-state index is 13.7. The molecule has 3 heteroatoms. The highest BCUT2D eigenvalue weighted by Crippen LogP contribution is 2.21. The van der Waals surface area contributed by atoms with Gasteiger partial charge in [-0.1, -0.05) is 24.3 Å². The van der Waals surface area contributed by atoms with Gasteiger partial charge in [-0.3, -0.25) is 0 Å². The molecule has 0 aliphatic rings. The molecule has 2 nitrogen and oxygen atoms in total. The van der Waals surface area contributed by atoms with E-state index in [0.29, 0.717) is 17.8 Å². The van der Waals surface area contributed by atoms with Crippen LogP contribution in [0.1, 0.15) is 11.1 Å². The molecule has 0 aromatic heterocycles. The highest BCUT2D eigenvalue weighted by molar-refractivity contribution is 5.53. The molecule has 2 aromatic carbocycles. The summed E-state index contributed by atoms with van der Waals surface area (Å²) in [7, 11) is 1.96. The lowest BCUT2D eigenvalue weighted by Crippen LogP contribution is -2.18. The number of anilines is 2. The molecule has 0 spiro atoms. The number of halogens is 1. The normalized spacial score (nSPS) is 10.4. The molecule has 0 heterocycles. The van der Waals surface area contributed by atoms with Crippen molar-refractivity contribution < 1.29 is 4.39 Å². The van der Waals surface area contributed by atoms with Gasteiger partial charge in [0.1, 0.15) is 5.82 Å². The van der Waals surface area contributed by atoms with Gasteiger partial charge >= 0.3 is 0 Å². The molecule has 2 rings (SSSR count). The van der Waals surface area contributed by atoms with Crippen molar-refractivity contribution in [3.8, 4) is 0 Å². The third kappa shape index (κ3) is 2.62. The standard InChI is InChI=1S/C15H17FN2/c1-11-5-3-4-6-15(11)18(2)10-12-7-8-13(17)9-14(12)16/h3-9H,10,17H2,1-2H3. The summed E-state index contributed by atoms with van der Waals surface area (Å²) >= 11 is 0. The van der Waals surface area contributed by atoms with Crippen molar-refractivity contribution in [2.24, 2.45) is 0 Å². The number of rotatable bonds is 3. The van der Waals surface area contributed by atoms with E-state index in [1.165, 1.54) is 11.6 Å². The van der Waals surface area contributed by atoms with Crippen LogP contribution >= 0.6 is 0 Å². The fraction of sp³-hybridized carbons (Fsp3) is 0.200. The summed E-state index contributed by atoms with van der Waals surface area (Å²) in [5, 5.41) is 0. The van der Waals surface area contributed by atoms with E-state index < -0.39 is 0 Å². The van der Waals surface area contributed by atoms with Crippen LogP contribution < -0.4 is 10.6 Å². The zero-order valence-corrected chi connectivity index (χ0v) is 10.7. The van der Waals surface area contributed by atoms with Crippen molar-refractivity contribution in [3.63, 3.8) is 0 Å². The third-order valence-electron chi connectivity index (χ3n) is 3.01. The van der Waals surface area contributed by atoms with Crippen molar-refractivity contribution in [2.45, 2.75) is 13.5 Å². The van der Waals surface area contributed by atoms with Crippen molar-refractivity contribution in [1.29, 1.82) is 0 Å². The molecule has 2 aromatic rings. The van der Waals surface area contributed by atoms with Gasteiger partial charge in [0.2, 0.25) is 0 Å². The Morgan fingerprint density at radius 3 is 2.56 bits per heavy atom. The van der Waals surface area contributed by atoms with E-state index in [0.717, 1.165) is 5.69 Å². The number of hydrogen-bond donors (Lipinski definition) is 1. The summed E-state index contributed by atoms with van der Waals surface area (Å²) in [5.74, 6) is -0.254. The van der Waals surface area contributed by atoms with Gasteiger partial charge in [-0.25, -0.2) is 4.39 Å². The first kappa shape index (κ1) is 12.4. The first-order valence-corrected chi connectivity index (χ1v) is 5.88. The number of benzene rings is 2. The maximum Gasteiger partial charge on any atom is 0.130 e. The van der Waals surface area contributed by atoms with E-state index in [1.807, 2.05) is 43.1 Å². The quantitative estimate of drug-likeness (QED) is 0.839. The minimum absolute atomic E-state index is 0.254. The first-order chi connectivity index (χ1) is 8.58. The number of nitrogens with zero attached hydrogens (tertiary/aromatic N) is 1. The Morgan fingerprint density at radius 2 is 1.89 bits per heavy atom. The molecule has 0 fully saturated rings. The van der Waals surface area contributed by atoms with Crippen LogP contribution in [0.2, 0.25) is 0 Å². The molecule has 0 saturated heterocycles. The average molecular weight is 244 g/mol. The van der Waals surface area contributed by atoms with Crippen LogP contribution in [0, 0.1) is 12.7 Å². The molecule has 2 N–H and O–H groups in total. The lowest BCUT2D eigenvalue weighted by atomic mass is 10.1. The molecule has 0 unspecified atom stereocenters. The van der Waals surface area contributed by atoms with Crippen LogP contribution in [0.3, 0.4) is 0 Å². The molecule has 0 amide bonds. The van der Waals surface area contributed by atoms with Crippen molar-refractivity contribution >= 4 is 11.4 Å². The van der Waals surface area contributed by atoms with Gasteiger partial charge in [-0.2, -0.15) is 0 Å². The summed E-state index contributed by atoms with van der Waals surface area (Å²) in [4.78, 5) is 2.03. The number of nitrogen functional groups attached to an aromatic ring is 1. The van der Waals surface area contributed by atoms with Gasteiger partial charge in [0.25, 0.3) is 0 Å². The number of para-hydroxylation sites is 1. The second-order valence-electron chi connectivity index (χ2n) is 4.49. The Labute approximate surface area is 107 Å². The van der Waals surface area contributed by atoms with Gasteiger partial charge in [0.05, 0.1) is 0 Å². The fourth-order valence-electron chi connectivity index (χ4n) is 2.02. The van der Waals surface area contributed by atoms with E-state index in [2.05, 4.69) is 0 Å². The Morgan fingerprint density at radius 1 is 1.17 bits per heavy atom. The molecule has 0 radical (unpaired) electrons. The molecule has 0 atom stereocenters. The van der Waals surface area contributed by atoms with Gasteiger partial charge in [0.15, 0.2) is 0 Å². The predicted molar refractivity (Wildman–Crippen MR) is 74.1 cm³/mol. The summed E-state index contributed by atoms with van der Waals surface area (Å²) in [6, 6.07) is 12.9. The smallest absolute Gasteiger partial charge is 0.130 e. The maximum absolute atomic E-state index is 13.7. The zero-order chi connectivity index (χ0) is 13.1. The average Bonchev–Trinajstić information content (AvgIpc) is 2.33. The highest BCUT2D eigenvalue weighted by Gasteiger charge is 2.08. The molecule has 18 heavy (non-hydrogen) atoms. The van der Waals surface area contributed by atoms with Crippen LogP contribution in [-0.4, -0.2) is 7.05 Å². The van der Waals surface area contributed by atoms with Crippen LogP contribution in [0.4, 0.5) is 15.8 Å². The number of hydrogen-bond acceptors (Lipinski definition) is 2. The fourth-order valence-corrected chi connectivity index (χ4v) is 2.02. The minimum Gasteiger partial charge on any atom is -0.399 e. The monoisotopic (exact) mass is 244 g/mol. The van der Waals surface area contributed by atoms with Crippen LogP contribution in [0.25, 0.3) is 0 Å².